The van der Waals surface area contributed by atoms with Gasteiger partial charge in [-0.1, -0.05) is 11.6 Å². The van der Waals surface area contributed by atoms with Crippen molar-refractivity contribution in [2.24, 2.45) is 0 Å². The third-order valence-corrected chi connectivity index (χ3v) is 3.55. The predicted molar refractivity (Wildman–Crippen MR) is 86.1 cm³/mol. The Bertz CT molecular complexity index is 455. The monoisotopic (exact) mass is 313 g/mol. The number of carbonyl (C=O) groups is 1. The highest BCUT2D eigenvalue weighted by Crippen LogP contribution is 2.25. The van der Waals surface area contributed by atoms with E-state index in [9.17, 15) is 4.79 Å². The molecule has 0 atom stereocenters. The maximum Gasteiger partial charge on any atom is 0.317 e. The van der Waals surface area contributed by atoms with Crippen LogP contribution in [0.4, 0.5) is 4.79 Å². The van der Waals surface area contributed by atoms with E-state index in [1.165, 1.54) is 0 Å². The van der Waals surface area contributed by atoms with Crippen molar-refractivity contribution >= 4 is 17.6 Å². The van der Waals surface area contributed by atoms with E-state index in [1.54, 1.807) is 0 Å². The van der Waals surface area contributed by atoms with Crippen LogP contribution in [0, 0.1) is 13.8 Å². The summed E-state index contributed by atoms with van der Waals surface area (Å²) >= 11 is 6.09. The molecule has 0 aliphatic rings. The Morgan fingerprint density at radius 1 is 1.24 bits per heavy atom. The zero-order chi connectivity index (χ0) is 15.8. The lowest BCUT2D eigenvalue weighted by Gasteiger charge is -2.12. The van der Waals surface area contributed by atoms with Gasteiger partial charge in [-0.05, 0) is 64.2 Å². The third-order valence-electron chi connectivity index (χ3n) is 2.95. The molecule has 1 rings (SSSR count). The number of amides is 2. The molecule has 0 unspecified atom stereocenters. The van der Waals surface area contributed by atoms with Crippen LogP contribution >= 0.6 is 11.6 Å². The van der Waals surface area contributed by atoms with Crippen molar-refractivity contribution in [3.05, 3.63) is 28.3 Å². The summed E-state index contributed by atoms with van der Waals surface area (Å²) in [4.78, 5) is 13.6. The summed E-state index contributed by atoms with van der Waals surface area (Å²) in [6.07, 6.45) is 0.914. The number of hydrogen-bond acceptors (Lipinski definition) is 3. The number of nitrogens with zero attached hydrogens (tertiary/aromatic N) is 1. The summed E-state index contributed by atoms with van der Waals surface area (Å²) in [5.74, 6) is 0.697. The second kappa shape index (κ2) is 8.74. The van der Waals surface area contributed by atoms with Crippen molar-refractivity contribution in [1.29, 1.82) is 0 Å². The van der Waals surface area contributed by atoms with Gasteiger partial charge in [-0.15, -0.1) is 0 Å². The Morgan fingerprint density at radius 3 is 2.43 bits per heavy atom. The molecule has 0 fully saturated rings. The molecule has 0 saturated carbocycles. The van der Waals surface area contributed by atoms with E-state index in [-0.39, 0.29) is 12.8 Å². The Balaban J connectivity index is 2.25. The molecule has 0 bridgehead atoms. The highest BCUT2D eigenvalue weighted by atomic mass is 35.5. The van der Waals surface area contributed by atoms with E-state index in [1.807, 2.05) is 40.1 Å². The molecule has 2 amide bonds. The summed E-state index contributed by atoms with van der Waals surface area (Å²) in [7, 11) is 4.01. The molecule has 0 aliphatic carbocycles. The van der Waals surface area contributed by atoms with Crippen LogP contribution in [0.3, 0.4) is 0 Å². The average Bonchev–Trinajstić information content (AvgIpc) is 2.40. The molecule has 1 aromatic rings. The van der Waals surface area contributed by atoms with Gasteiger partial charge in [0.15, 0.2) is 6.73 Å². The number of rotatable bonds is 7. The predicted octanol–water partition coefficient (Wildman–Crippen LogP) is 2.54. The van der Waals surface area contributed by atoms with Gasteiger partial charge >= 0.3 is 6.03 Å². The van der Waals surface area contributed by atoms with Crippen molar-refractivity contribution < 1.29 is 9.53 Å². The lowest BCUT2D eigenvalue weighted by Crippen LogP contribution is -2.38. The van der Waals surface area contributed by atoms with Gasteiger partial charge in [0.2, 0.25) is 0 Å². The number of aryl methyl sites for hydroxylation is 2. The molecule has 0 radical (unpaired) electrons. The number of ether oxygens (including phenoxy) is 1. The van der Waals surface area contributed by atoms with Gasteiger partial charge in [-0.25, -0.2) is 4.79 Å². The number of nitrogens with one attached hydrogen (secondary N) is 2. The standard InChI is InChI=1S/C15H24ClN3O2/c1-11-8-13(9-12(2)14(11)16)21-10-18-15(20)17-6-5-7-19(3)4/h8-9H,5-7,10H2,1-4H3,(H2,17,18,20). The molecule has 0 saturated heterocycles. The van der Waals surface area contributed by atoms with Crippen LogP contribution in [0.2, 0.25) is 5.02 Å². The number of urea groups is 1. The highest BCUT2D eigenvalue weighted by molar-refractivity contribution is 6.32. The van der Waals surface area contributed by atoms with Crippen molar-refractivity contribution in [3.8, 4) is 5.75 Å². The maximum absolute atomic E-state index is 11.5. The Morgan fingerprint density at radius 2 is 1.86 bits per heavy atom. The molecule has 0 aromatic heterocycles. The maximum atomic E-state index is 11.5. The minimum absolute atomic E-state index is 0.125. The fourth-order valence-electron chi connectivity index (χ4n) is 1.83. The van der Waals surface area contributed by atoms with Gasteiger partial charge in [-0.2, -0.15) is 0 Å². The Hall–Kier alpha value is -1.46. The number of carbonyl (C=O) groups excluding carboxylic acids is 1. The fourth-order valence-corrected chi connectivity index (χ4v) is 1.94. The SMILES string of the molecule is Cc1cc(OCNC(=O)NCCCN(C)C)cc(C)c1Cl. The largest absolute Gasteiger partial charge is 0.473 e. The van der Waals surface area contributed by atoms with Crippen LogP contribution in [-0.2, 0) is 0 Å². The molecular formula is C15H24ClN3O2. The van der Waals surface area contributed by atoms with Gasteiger partial charge in [0.25, 0.3) is 0 Å². The van der Waals surface area contributed by atoms with Crippen molar-refractivity contribution in [2.75, 3.05) is 33.9 Å². The summed E-state index contributed by atoms with van der Waals surface area (Å²) in [5, 5.41) is 6.18. The van der Waals surface area contributed by atoms with E-state index in [0.717, 1.165) is 29.1 Å². The average molecular weight is 314 g/mol. The topological polar surface area (TPSA) is 53.6 Å². The lowest BCUT2D eigenvalue weighted by atomic mass is 10.1. The first-order chi connectivity index (χ1) is 9.90. The summed E-state index contributed by atoms with van der Waals surface area (Å²) in [5.41, 5.74) is 1.92. The van der Waals surface area contributed by atoms with E-state index >= 15 is 0 Å². The molecule has 2 N–H and O–H groups in total. The normalized spacial score (nSPS) is 10.6. The number of halogens is 1. The van der Waals surface area contributed by atoms with E-state index < -0.39 is 0 Å². The molecule has 118 valence electrons. The van der Waals surface area contributed by atoms with Crippen LogP contribution in [0.25, 0.3) is 0 Å². The highest BCUT2D eigenvalue weighted by Gasteiger charge is 2.04. The molecule has 1 aromatic carbocycles. The van der Waals surface area contributed by atoms with Crippen LogP contribution < -0.4 is 15.4 Å². The molecule has 0 aliphatic heterocycles. The molecule has 0 spiro atoms. The number of benzene rings is 1. The first-order valence-electron chi connectivity index (χ1n) is 6.96. The summed E-state index contributed by atoms with van der Waals surface area (Å²) in [6, 6.07) is 3.48. The van der Waals surface area contributed by atoms with Crippen LogP contribution in [0.15, 0.2) is 12.1 Å². The van der Waals surface area contributed by atoms with E-state index in [2.05, 4.69) is 15.5 Å². The minimum atomic E-state index is -0.226. The third kappa shape index (κ3) is 6.69. The second-order valence-electron chi connectivity index (χ2n) is 5.25. The Labute approximate surface area is 131 Å². The summed E-state index contributed by atoms with van der Waals surface area (Å²) in [6.45, 7) is 5.56. The second-order valence-corrected chi connectivity index (χ2v) is 5.63. The minimum Gasteiger partial charge on any atom is -0.473 e. The van der Waals surface area contributed by atoms with E-state index in [0.29, 0.717) is 12.3 Å². The number of hydrogen-bond donors (Lipinski definition) is 2. The summed E-state index contributed by atoms with van der Waals surface area (Å²) < 4.78 is 5.50. The molecule has 5 nitrogen and oxygen atoms in total. The quantitative estimate of drug-likeness (QED) is 0.601. The van der Waals surface area contributed by atoms with Crippen LogP contribution in [0.5, 0.6) is 5.75 Å². The van der Waals surface area contributed by atoms with Crippen LogP contribution in [-0.4, -0.2) is 44.8 Å². The van der Waals surface area contributed by atoms with Gasteiger partial charge in [-0.3, -0.25) is 0 Å². The van der Waals surface area contributed by atoms with Crippen molar-refractivity contribution in [3.63, 3.8) is 0 Å². The van der Waals surface area contributed by atoms with Gasteiger partial charge in [0.05, 0.1) is 0 Å². The zero-order valence-electron chi connectivity index (χ0n) is 13.1. The van der Waals surface area contributed by atoms with Crippen molar-refractivity contribution in [2.45, 2.75) is 20.3 Å². The fraction of sp³-hybridized carbons (Fsp3) is 0.533. The van der Waals surface area contributed by atoms with Gasteiger partial charge in [0, 0.05) is 11.6 Å². The van der Waals surface area contributed by atoms with E-state index in [4.69, 9.17) is 16.3 Å². The first-order valence-corrected chi connectivity index (χ1v) is 7.34. The van der Waals surface area contributed by atoms with Crippen molar-refractivity contribution in [1.82, 2.24) is 15.5 Å². The molecular weight excluding hydrogens is 290 g/mol. The molecule has 0 heterocycles. The smallest absolute Gasteiger partial charge is 0.317 e. The molecule has 6 heteroatoms. The zero-order valence-corrected chi connectivity index (χ0v) is 13.9. The Kier molecular flexibility index (Phi) is 7.32. The van der Waals surface area contributed by atoms with Crippen LogP contribution in [0.1, 0.15) is 17.5 Å². The van der Waals surface area contributed by atoms with Gasteiger partial charge < -0.3 is 20.3 Å². The van der Waals surface area contributed by atoms with Gasteiger partial charge in [0.1, 0.15) is 5.75 Å². The first kappa shape index (κ1) is 17.6. The lowest BCUT2D eigenvalue weighted by molar-refractivity contribution is 0.223. The molecule has 21 heavy (non-hydrogen) atoms.